The maximum atomic E-state index is 12.1. The number of nitrogens with zero attached hydrogens (tertiary/aromatic N) is 4. The van der Waals surface area contributed by atoms with Crippen LogP contribution in [0.5, 0.6) is 0 Å². The van der Waals surface area contributed by atoms with E-state index in [-0.39, 0.29) is 17.6 Å². The number of likely N-dealkylation sites (N-methyl/N-ethyl adjacent to an activating group) is 1. The zero-order chi connectivity index (χ0) is 17.8. The van der Waals surface area contributed by atoms with Crippen molar-refractivity contribution < 1.29 is 4.79 Å². The zero-order valence-corrected chi connectivity index (χ0v) is 15.1. The fraction of sp³-hybridized carbons (Fsp3) is 0.706. The third-order valence-electron chi connectivity index (χ3n) is 5.30. The Kier molecular flexibility index (Phi) is 5.57. The third kappa shape index (κ3) is 4.31. The molecule has 8 nitrogen and oxygen atoms in total. The number of carbonyl (C=O) groups excluding carboxylic acids is 1. The molecule has 138 valence electrons. The van der Waals surface area contributed by atoms with Gasteiger partial charge in [-0.15, -0.1) is 0 Å². The van der Waals surface area contributed by atoms with Crippen LogP contribution in [-0.4, -0.2) is 65.8 Å². The summed E-state index contributed by atoms with van der Waals surface area (Å²) in [7, 11) is 3.84. The van der Waals surface area contributed by atoms with Crippen LogP contribution in [0.15, 0.2) is 17.2 Å². The molecule has 0 saturated carbocycles. The van der Waals surface area contributed by atoms with Gasteiger partial charge in [-0.25, -0.2) is 9.78 Å². The van der Waals surface area contributed by atoms with E-state index in [0.717, 1.165) is 38.9 Å². The number of urea groups is 1. The highest BCUT2D eigenvalue weighted by Gasteiger charge is 2.24. The highest BCUT2D eigenvalue weighted by atomic mass is 16.2. The fourth-order valence-electron chi connectivity index (χ4n) is 3.62. The van der Waals surface area contributed by atoms with Gasteiger partial charge in [-0.05, 0) is 39.3 Å². The van der Waals surface area contributed by atoms with E-state index < -0.39 is 0 Å². The Bertz CT molecular complexity index is 653. The minimum absolute atomic E-state index is 0.0765. The van der Waals surface area contributed by atoms with Gasteiger partial charge in [0.25, 0.3) is 5.56 Å². The number of piperidine rings is 1. The van der Waals surface area contributed by atoms with Gasteiger partial charge in [0, 0.05) is 51.2 Å². The molecule has 1 aromatic heterocycles. The van der Waals surface area contributed by atoms with Crippen LogP contribution in [0.3, 0.4) is 0 Å². The van der Waals surface area contributed by atoms with Crippen LogP contribution in [0.25, 0.3) is 0 Å². The Morgan fingerprint density at radius 3 is 2.68 bits per heavy atom. The number of aromatic nitrogens is 2. The maximum absolute atomic E-state index is 12.1. The monoisotopic (exact) mass is 348 g/mol. The van der Waals surface area contributed by atoms with E-state index in [2.05, 4.69) is 27.6 Å². The van der Waals surface area contributed by atoms with Crippen molar-refractivity contribution in [2.24, 2.45) is 7.05 Å². The second-order valence-electron chi connectivity index (χ2n) is 7.06. The van der Waals surface area contributed by atoms with Crippen molar-refractivity contribution in [3.05, 3.63) is 22.7 Å². The number of rotatable bonds is 4. The van der Waals surface area contributed by atoms with Gasteiger partial charge < -0.3 is 25.0 Å². The fourth-order valence-corrected chi connectivity index (χ4v) is 3.62. The molecule has 1 aromatic rings. The summed E-state index contributed by atoms with van der Waals surface area (Å²) in [4.78, 5) is 32.8. The van der Waals surface area contributed by atoms with Crippen molar-refractivity contribution in [2.75, 3.05) is 38.1 Å². The number of aryl methyl sites for hydroxylation is 1. The molecule has 2 amide bonds. The SMILES string of the molecule is CN1CCCC1CNC(=O)NC1CCN(c2nccn(C)c2=O)CC1. The van der Waals surface area contributed by atoms with E-state index in [1.807, 2.05) is 4.90 Å². The van der Waals surface area contributed by atoms with Crippen molar-refractivity contribution in [2.45, 2.75) is 37.8 Å². The van der Waals surface area contributed by atoms with Crippen LogP contribution in [0.2, 0.25) is 0 Å². The first-order valence-electron chi connectivity index (χ1n) is 9.06. The van der Waals surface area contributed by atoms with E-state index in [1.165, 1.54) is 6.42 Å². The van der Waals surface area contributed by atoms with Crippen molar-refractivity contribution in [3.63, 3.8) is 0 Å². The van der Waals surface area contributed by atoms with Crippen molar-refractivity contribution in [1.82, 2.24) is 25.1 Å². The molecular weight excluding hydrogens is 320 g/mol. The van der Waals surface area contributed by atoms with Gasteiger partial charge in [0.1, 0.15) is 0 Å². The minimum Gasteiger partial charge on any atom is -0.352 e. The summed E-state index contributed by atoms with van der Waals surface area (Å²) in [6.07, 6.45) is 7.29. The van der Waals surface area contributed by atoms with Crippen LogP contribution in [-0.2, 0) is 7.05 Å². The summed E-state index contributed by atoms with van der Waals surface area (Å²) in [5.41, 5.74) is -0.0765. The predicted molar refractivity (Wildman–Crippen MR) is 96.9 cm³/mol. The minimum atomic E-state index is -0.0903. The second kappa shape index (κ2) is 7.86. The standard InChI is InChI=1S/C17H28N6O2/c1-21-8-3-4-14(21)12-19-17(25)20-13-5-9-23(10-6-13)15-16(24)22(2)11-7-18-15/h7,11,13-14H,3-6,8-10,12H2,1-2H3,(H2,19,20,25). The molecule has 1 atom stereocenters. The first-order chi connectivity index (χ1) is 12.0. The van der Waals surface area contributed by atoms with Crippen LogP contribution in [0.1, 0.15) is 25.7 Å². The summed E-state index contributed by atoms with van der Waals surface area (Å²) in [5, 5.41) is 6.05. The van der Waals surface area contributed by atoms with Crippen molar-refractivity contribution in [3.8, 4) is 0 Å². The largest absolute Gasteiger partial charge is 0.352 e. The highest BCUT2D eigenvalue weighted by molar-refractivity contribution is 5.74. The lowest BCUT2D eigenvalue weighted by atomic mass is 10.1. The molecule has 0 spiro atoms. The first kappa shape index (κ1) is 17.7. The molecule has 0 radical (unpaired) electrons. The summed E-state index contributed by atoms with van der Waals surface area (Å²) in [5.74, 6) is 0.497. The van der Waals surface area contributed by atoms with Crippen molar-refractivity contribution in [1.29, 1.82) is 0 Å². The summed E-state index contributed by atoms with van der Waals surface area (Å²) in [6, 6.07) is 0.505. The zero-order valence-electron chi connectivity index (χ0n) is 15.1. The number of carbonyl (C=O) groups is 1. The van der Waals surface area contributed by atoms with Gasteiger partial charge in [0.2, 0.25) is 0 Å². The molecule has 3 heterocycles. The molecule has 2 fully saturated rings. The molecule has 3 rings (SSSR count). The summed E-state index contributed by atoms with van der Waals surface area (Å²) >= 11 is 0. The lowest BCUT2D eigenvalue weighted by molar-refractivity contribution is 0.228. The quantitative estimate of drug-likeness (QED) is 0.809. The Balaban J connectivity index is 1.43. The molecule has 0 bridgehead atoms. The van der Waals surface area contributed by atoms with E-state index in [4.69, 9.17) is 0 Å². The predicted octanol–water partition coefficient (Wildman–Crippen LogP) is 0.143. The van der Waals surface area contributed by atoms with Crippen LogP contribution >= 0.6 is 0 Å². The van der Waals surface area contributed by atoms with Crippen LogP contribution in [0, 0.1) is 0 Å². The maximum Gasteiger partial charge on any atom is 0.315 e. The van der Waals surface area contributed by atoms with Gasteiger partial charge in [-0.3, -0.25) is 4.79 Å². The number of nitrogens with one attached hydrogen (secondary N) is 2. The first-order valence-corrected chi connectivity index (χ1v) is 9.06. The molecule has 25 heavy (non-hydrogen) atoms. The number of anilines is 1. The molecule has 0 aromatic carbocycles. The molecule has 2 aliphatic heterocycles. The van der Waals surface area contributed by atoms with Gasteiger partial charge >= 0.3 is 6.03 Å². The molecule has 0 aliphatic carbocycles. The average Bonchev–Trinajstić information content (AvgIpc) is 3.01. The Morgan fingerprint density at radius 2 is 2.00 bits per heavy atom. The van der Waals surface area contributed by atoms with E-state index in [0.29, 0.717) is 18.4 Å². The Labute approximate surface area is 148 Å². The summed E-state index contributed by atoms with van der Waals surface area (Å²) in [6.45, 7) is 3.26. The Morgan fingerprint density at radius 1 is 1.24 bits per heavy atom. The third-order valence-corrected chi connectivity index (χ3v) is 5.30. The van der Waals surface area contributed by atoms with E-state index >= 15 is 0 Å². The van der Waals surface area contributed by atoms with Gasteiger partial charge in [-0.2, -0.15) is 0 Å². The molecular formula is C17H28N6O2. The van der Waals surface area contributed by atoms with Crippen LogP contribution < -0.4 is 21.1 Å². The summed E-state index contributed by atoms with van der Waals surface area (Å²) < 4.78 is 1.54. The molecule has 1 unspecified atom stereocenters. The lowest BCUT2D eigenvalue weighted by Gasteiger charge is -2.32. The van der Waals surface area contributed by atoms with Gasteiger partial charge in [0.05, 0.1) is 0 Å². The molecule has 8 heteroatoms. The van der Waals surface area contributed by atoms with Crippen molar-refractivity contribution >= 4 is 11.8 Å². The van der Waals surface area contributed by atoms with Gasteiger partial charge in [-0.1, -0.05) is 0 Å². The highest BCUT2D eigenvalue weighted by Crippen LogP contribution is 2.15. The molecule has 2 saturated heterocycles. The Hall–Kier alpha value is -2.09. The van der Waals surface area contributed by atoms with Gasteiger partial charge in [0.15, 0.2) is 5.82 Å². The molecule has 2 aliphatic rings. The number of hydrogen-bond acceptors (Lipinski definition) is 5. The molecule has 2 N–H and O–H groups in total. The van der Waals surface area contributed by atoms with Crippen LogP contribution in [0.4, 0.5) is 10.6 Å². The normalized spacial score (nSPS) is 22.2. The average molecular weight is 348 g/mol. The topological polar surface area (TPSA) is 82.5 Å². The second-order valence-corrected chi connectivity index (χ2v) is 7.06. The van der Waals surface area contributed by atoms with E-state index in [9.17, 15) is 9.59 Å². The lowest BCUT2D eigenvalue weighted by Crippen LogP contribution is -2.50. The number of amides is 2. The number of hydrogen-bond donors (Lipinski definition) is 2. The van der Waals surface area contributed by atoms with E-state index in [1.54, 1.807) is 24.0 Å². The number of likely N-dealkylation sites (tertiary alicyclic amines) is 1. The smallest absolute Gasteiger partial charge is 0.315 e.